The van der Waals surface area contributed by atoms with E-state index in [9.17, 15) is 13.6 Å². The van der Waals surface area contributed by atoms with Gasteiger partial charge in [0.1, 0.15) is 5.69 Å². The van der Waals surface area contributed by atoms with E-state index in [2.05, 4.69) is 30.2 Å². The third-order valence-electron chi connectivity index (χ3n) is 6.54. The fourth-order valence-electron chi connectivity index (χ4n) is 4.41. The summed E-state index contributed by atoms with van der Waals surface area (Å²) in [5, 5.41) is 10.2. The van der Waals surface area contributed by atoms with Crippen LogP contribution in [0, 0.1) is 18.8 Å². The smallest absolute Gasteiger partial charge is 0.276 e. The molecule has 0 bridgehead atoms. The van der Waals surface area contributed by atoms with Crippen LogP contribution in [0.25, 0.3) is 5.78 Å². The topological polar surface area (TPSA) is 124 Å². The summed E-state index contributed by atoms with van der Waals surface area (Å²) in [7, 11) is 0. The standard InChI is InChI=1S/C21H25F2N7O2/c1-11-17(29-32-28-11)19(31)27-18(13-4-7-21(22,23)8-5-13)15-10-30-9-6-14(25-20(30)26-15)16(24)12-2-3-12/h6,9-10,12-13,16,18H,2-5,7-8,24H2,1H3,(H,27,31). The second kappa shape index (κ2) is 7.88. The molecule has 5 rings (SSSR count). The minimum Gasteiger partial charge on any atom is -0.342 e. The molecule has 2 fully saturated rings. The molecule has 9 nitrogen and oxygen atoms in total. The van der Waals surface area contributed by atoms with Crippen molar-refractivity contribution in [1.82, 2.24) is 30.0 Å². The van der Waals surface area contributed by atoms with Gasteiger partial charge in [-0.05, 0) is 55.7 Å². The predicted octanol–water partition coefficient (Wildman–Crippen LogP) is 3.13. The molecule has 3 aromatic rings. The lowest BCUT2D eigenvalue weighted by Crippen LogP contribution is -2.37. The van der Waals surface area contributed by atoms with Crippen molar-refractivity contribution in [1.29, 1.82) is 0 Å². The summed E-state index contributed by atoms with van der Waals surface area (Å²) in [5.41, 5.74) is 8.04. The third kappa shape index (κ3) is 4.08. The van der Waals surface area contributed by atoms with Crippen molar-refractivity contribution in [3.63, 3.8) is 0 Å². The Morgan fingerprint density at radius 3 is 2.56 bits per heavy atom. The van der Waals surface area contributed by atoms with Crippen molar-refractivity contribution in [3.05, 3.63) is 41.2 Å². The number of halogens is 2. The number of nitrogens with two attached hydrogens (primary N) is 1. The number of imidazole rings is 1. The molecule has 2 unspecified atom stereocenters. The number of nitrogens with zero attached hydrogens (tertiary/aromatic N) is 5. The molecule has 2 aliphatic rings. The van der Waals surface area contributed by atoms with Crippen LogP contribution in [0.5, 0.6) is 0 Å². The highest BCUT2D eigenvalue weighted by Gasteiger charge is 2.40. The fraction of sp³-hybridized carbons (Fsp3) is 0.571. The quantitative estimate of drug-likeness (QED) is 0.597. The number of amides is 1. The molecule has 2 aliphatic carbocycles. The Hall–Kier alpha value is -2.95. The van der Waals surface area contributed by atoms with Gasteiger partial charge in [-0.3, -0.25) is 9.20 Å². The van der Waals surface area contributed by atoms with Crippen LogP contribution in [0.2, 0.25) is 0 Å². The summed E-state index contributed by atoms with van der Waals surface area (Å²) in [4.78, 5) is 22.1. The van der Waals surface area contributed by atoms with Crippen molar-refractivity contribution in [2.45, 2.75) is 63.5 Å². The van der Waals surface area contributed by atoms with Gasteiger partial charge >= 0.3 is 0 Å². The molecule has 2 atom stereocenters. The first-order valence-corrected chi connectivity index (χ1v) is 10.9. The molecule has 0 saturated heterocycles. The minimum absolute atomic E-state index is 0.0655. The van der Waals surface area contributed by atoms with Gasteiger partial charge in [0.2, 0.25) is 11.7 Å². The van der Waals surface area contributed by atoms with Gasteiger partial charge in [0, 0.05) is 25.2 Å². The van der Waals surface area contributed by atoms with Crippen LogP contribution in [-0.4, -0.2) is 36.5 Å². The summed E-state index contributed by atoms with van der Waals surface area (Å²) < 4.78 is 34.0. The fourth-order valence-corrected chi connectivity index (χ4v) is 4.41. The van der Waals surface area contributed by atoms with Gasteiger partial charge in [-0.1, -0.05) is 5.16 Å². The Kier molecular flexibility index (Phi) is 5.15. The van der Waals surface area contributed by atoms with Crippen LogP contribution in [0.1, 0.15) is 78.2 Å². The van der Waals surface area contributed by atoms with Gasteiger partial charge in [0.15, 0.2) is 5.69 Å². The van der Waals surface area contributed by atoms with Gasteiger partial charge in [-0.25, -0.2) is 23.4 Å². The number of nitrogens with one attached hydrogen (secondary N) is 1. The molecule has 170 valence electrons. The predicted molar refractivity (Wildman–Crippen MR) is 109 cm³/mol. The number of carbonyl (C=O) groups excluding carboxylic acids is 1. The van der Waals surface area contributed by atoms with E-state index in [4.69, 9.17) is 5.73 Å². The number of fused-ring (bicyclic) bond motifs is 1. The zero-order valence-corrected chi connectivity index (χ0v) is 17.7. The molecular formula is C21H25F2N7O2. The van der Waals surface area contributed by atoms with Gasteiger partial charge in [-0.2, -0.15) is 0 Å². The lowest BCUT2D eigenvalue weighted by Gasteiger charge is -2.33. The Labute approximate surface area is 182 Å². The number of hydrogen-bond donors (Lipinski definition) is 2. The van der Waals surface area contributed by atoms with Crippen LogP contribution >= 0.6 is 0 Å². The summed E-state index contributed by atoms with van der Waals surface area (Å²) in [6.45, 7) is 1.61. The number of rotatable bonds is 6. The summed E-state index contributed by atoms with van der Waals surface area (Å²) >= 11 is 0. The third-order valence-corrected chi connectivity index (χ3v) is 6.54. The van der Waals surface area contributed by atoms with Crippen LogP contribution in [0.3, 0.4) is 0 Å². The normalized spacial score (nSPS) is 20.9. The number of alkyl halides is 2. The molecule has 1 amide bonds. The molecule has 11 heteroatoms. The lowest BCUT2D eigenvalue weighted by molar-refractivity contribution is -0.0495. The van der Waals surface area contributed by atoms with E-state index >= 15 is 0 Å². The zero-order chi connectivity index (χ0) is 22.5. The Morgan fingerprint density at radius 2 is 1.91 bits per heavy atom. The average Bonchev–Trinajstić information content (AvgIpc) is 3.39. The lowest BCUT2D eigenvalue weighted by atomic mass is 9.81. The maximum absolute atomic E-state index is 13.8. The summed E-state index contributed by atoms with van der Waals surface area (Å²) in [6, 6.07) is 1.18. The van der Waals surface area contributed by atoms with Gasteiger partial charge in [0.25, 0.3) is 5.91 Å². The molecule has 3 aromatic heterocycles. The molecule has 3 N–H and O–H groups in total. The molecule has 2 saturated carbocycles. The molecule has 0 aliphatic heterocycles. The van der Waals surface area contributed by atoms with Crippen molar-refractivity contribution in [3.8, 4) is 0 Å². The van der Waals surface area contributed by atoms with Crippen LogP contribution in [0.15, 0.2) is 23.1 Å². The molecule has 3 heterocycles. The van der Waals surface area contributed by atoms with Crippen LogP contribution in [0.4, 0.5) is 8.78 Å². The zero-order valence-electron chi connectivity index (χ0n) is 17.7. The monoisotopic (exact) mass is 445 g/mol. The van der Waals surface area contributed by atoms with Crippen molar-refractivity contribution in [2.24, 2.45) is 17.6 Å². The highest BCUT2D eigenvalue weighted by atomic mass is 19.3. The van der Waals surface area contributed by atoms with E-state index in [1.54, 1.807) is 17.5 Å². The molecule has 0 radical (unpaired) electrons. The first-order chi connectivity index (χ1) is 15.3. The van der Waals surface area contributed by atoms with E-state index in [-0.39, 0.29) is 43.3 Å². The Morgan fingerprint density at radius 1 is 1.19 bits per heavy atom. The molecule has 0 spiro atoms. The highest BCUT2D eigenvalue weighted by molar-refractivity contribution is 5.93. The van der Waals surface area contributed by atoms with E-state index < -0.39 is 17.9 Å². The molecule has 0 aromatic carbocycles. The number of hydrogen-bond acceptors (Lipinski definition) is 7. The van der Waals surface area contributed by atoms with Gasteiger partial charge in [-0.15, -0.1) is 0 Å². The van der Waals surface area contributed by atoms with Crippen LogP contribution in [-0.2, 0) is 0 Å². The maximum Gasteiger partial charge on any atom is 0.276 e. The van der Waals surface area contributed by atoms with Crippen molar-refractivity contribution < 1.29 is 18.2 Å². The SMILES string of the molecule is Cc1nonc1C(=O)NC(c1cn2ccc(C(N)C3CC3)nc2n1)C1CCC(F)(F)CC1. The second-order valence-corrected chi connectivity index (χ2v) is 8.93. The van der Waals surface area contributed by atoms with E-state index in [1.165, 1.54) is 0 Å². The van der Waals surface area contributed by atoms with Gasteiger partial charge < -0.3 is 11.1 Å². The first-order valence-electron chi connectivity index (χ1n) is 10.9. The van der Waals surface area contributed by atoms with Crippen molar-refractivity contribution >= 4 is 11.7 Å². The molecular weight excluding hydrogens is 420 g/mol. The van der Waals surface area contributed by atoms with E-state index in [1.807, 2.05) is 12.3 Å². The Balaban J connectivity index is 1.45. The average molecular weight is 445 g/mol. The van der Waals surface area contributed by atoms with Gasteiger partial charge in [0.05, 0.1) is 23.5 Å². The largest absolute Gasteiger partial charge is 0.342 e. The Bertz CT molecular complexity index is 1130. The second-order valence-electron chi connectivity index (χ2n) is 8.93. The number of carbonyl (C=O) groups is 1. The summed E-state index contributed by atoms with van der Waals surface area (Å²) in [6.07, 6.45) is 5.92. The van der Waals surface area contributed by atoms with E-state index in [0.717, 1.165) is 18.5 Å². The molecule has 32 heavy (non-hydrogen) atoms. The minimum atomic E-state index is -2.67. The maximum atomic E-state index is 13.8. The van der Waals surface area contributed by atoms with Crippen molar-refractivity contribution in [2.75, 3.05) is 0 Å². The van der Waals surface area contributed by atoms with E-state index in [0.29, 0.717) is 23.1 Å². The number of aryl methyl sites for hydroxylation is 1. The highest BCUT2D eigenvalue weighted by Crippen LogP contribution is 2.42. The van der Waals surface area contributed by atoms with Crippen LogP contribution < -0.4 is 11.1 Å². The number of aromatic nitrogens is 5. The summed E-state index contributed by atoms with van der Waals surface area (Å²) in [5.74, 6) is -2.43. The first kappa shape index (κ1) is 20.9.